The molecule has 0 radical (unpaired) electrons. The molecule has 3 nitrogen and oxygen atoms in total. The fourth-order valence-corrected chi connectivity index (χ4v) is 2.96. The van der Waals surface area contributed by atoms with Crippen LogP contribution in [-0.2, 0) is 12.0 Å². The molecule has 0 aliphatic rings. The summed E-state index contributed by atoms with van der Waals surface area (Å²) in [6.45, 7) is 6.07. The number of primary amides is 1. The second kappa shape index (κ2) is 6.20. The van der Waals surface area contributed by atoms with Crippen LogP contribution >= 0.6 is 11.3 Å². The third-order valence-electron chi connectivity index (χ3n) is 3.30. The Balaban J connectivity index is 1.93. The Kier molecular flexibility index (Phi) is 4.57. The van der Waals surface area contributed by atoms with E-state index in [2.05, 4.69) is 36.7 Å². The van der Waals surface area contributed by atoms with Crippen LogP contribution < -0.4 is 11.1 Å². The standard InChI is InChI=1S/C16H20N2OS/c1-16(2,14-7-4-8-20-14)11-18-10-12-5-3-6-13(9-12)15(17)19/h3-9,18H,10-11H2,1-2H3,(H2,17,19). The fourth-order valence-electron chi connectivity index (χ4n) is 2.10. The summed E-state index contributed by atoms with van der Waals surface area (Å²) in [6.07, 6.45) is 0. The lowest BCUT2D eigenvalue weighted by Crippen LogP contribution is -2.31. The molecule has 0 aliphatic heterocycles. The lowest BCUT2D eigenvalue weighted by Gasteiger charge is -2.23. The monoisotopic (exact) mass is 288 g/mol. The van der Waals surface area contributed by atoms with Crippen LogP contribution in [0.2, 0.25) is 0 Å². The topological polar surface area (TPSA) is 55.1 Å². The molecule has 2 aromatic rings. The summed E-state index contributed by atoms with van der Waals surface area (Å²) in [5.74, 6) is -0.384. The molecule has 0 atom stereocenters. The van der Waals surface area contributed by atoms with E-state index in [1.807, 2.05) is 18.2 Å². The molecule has 0 saturated heterocycles. The number of thiophene rings is 1. The lowest BCUT2D eigenvalue weighted by atomic mass is 9.91. The molecular weight excluding hydrogens is 268 g/mol. The van der Waals surface area contributed by atoms with E-state index >= 15 is 0 Å². The highest BCUT2D eigenvalue weighted by molar-refractivity contribution is 7.10. The summed E-state index contributed by atoms with van der Waals surface area (Å²) in [7, 11) is 0. The van der Waals surface area contributed by atoms with Gasteiger partial charge in [-0.05, 0) is 29.1 Å². The zero-order valence-electron chi connectivity index (χ0n) is 11.8. The molecule has 3 N–H and O–H groups in total. The van der Waals surface area contributed by atoms with E-state index in [-0.39, 0.29) is 11.3 Å². The summed E-state index contributed by atoms with van der Waals surface area (Å²) in [6, 6.07) is 11.7. The van der Waals surface area contributed by atoms with Crippen molar-refractivity contribution in [2.75, 3.05) is 6.54 Å². The summed E-state index contributed by atoms with van der Waals surface area (Å²) in [5.41, 5.74) is 7.02. The molecule has 1 amide bonds. The highest BCUT2D eigenvalue weighted by Crippen LogP contribution is 2.26. The first-order valence-electron chi connectivity index (χ1n) is 6.62. The van der Waals surface area contributed by atoms with Gasteiger partial charge in [-0.1, -0.05) is 32.0 Å². The minimum atomic E-state index is -0.384. The van der Waals surface area contributed by atoms with Crippen molar-refractivity contribution in [2.45, 2.75) is 25.8 Å². The van der Waals surface area contributed by atoms with E-state index in [0.717, 1.165) is 18.7 Å². The van der Waals surface area contributed by atoms with Gasteiger partial charge in [0.2, 0.25) is 5.91 Å². The van der Waals surface area contributed by atoms with Gasteiger partial charge in [-0.3, -0.25) is 4.79 Å². The van der Waals surface area contributed by atoms with Gasteiger partial charge in [0.05, 0.1) is 0 Å². The molecule has 20 heavy (non-hydrogen) atoms. The van der Waals surface area contributed by atoms with Gasteiger partial charge in [-0.25, -0.2) is 0 Å². The van der Waals surface area contributed by atoms with Crippen molar-refractivity contribution in [3.8, 4) is 0 Å². The van der Waals surface area contributed by atoms with Crippen molar-refractivity contribution in [3.63, 3.8) is 0 Å². The van der Waals surface area contributed by atoms with Crippen molar-refractivity contribution in [3.05, 3.63) is 57.8 Å². The molecule has 0 saturated carbocycles. The molecule has 1 heterocycles. The van der Waals surface area contributed by atoms with E-state index in [1.54, 1.807) is 17.4 Å². The van der Waals surface area contributed by atoms with Crippen LogP contribution in [0, 0.1) is 0 Å². The SMILES string of the molecule is CC(C)(CNCc1cccc(C(N)=O)c1)c1cccs1. The van der Waals surface area contributed by atoms with E-state index in [9.17, 15) is 4.79 Å². The minimum absolute atomic E-state index is 0.107. The van der Waals surface area contributed by atoms with Crippen molar-refractivity contribution in [1.82, 2.24) is 5.32 Å². The van der Waals surface area contributed by atoms with Crippen LogP contribution in [0.25, 0.3) is 0 Å². The number of carbonyl (C=O) groups is 1. The molecular formula is C16H20N2OS. The van der Waals surface area contributed by atoms with E-state index in [0.29, 0.717) is 5.56 Å². The number of nitrogens with one attached hydrogen (secondary N) is 1. The second-order valence-electron chi connectivity index (χ2n) is 5.53. The van der Waals surface area contributed by atoms with Gasteiger partial charge in [-0.2, -0.15) is 0 Å². The molecule has 1 aromatic heterocycles. The lowest BCUT2D eigenvalue weighted by molar-refractivity contribution is 0.1000. The smallest absolute Gasteiger partial charge is 0.248 e. The number of amides is 1. The number of rotatable bonds is 6. The maximum atomic E-state index is 11.1. The van der Waals surface area contributed by atoms with E-state index < -0.39 is 0 Å². The zero-order chi connectivity index (χ0) is 14.6. The second-order valence-corrected chi connectivity index (χ2v) is 6.48. The summed E-state index contributed by atoms with van der Waals surface area (Å²) >= 11 is 1.78. The molecule has 1 aromatic carbocycles. The largest absolute Gasteiger partial charge is 0.366 e. The summed E-state index contributed by atoms with van der Waals surface area (Å²) in [4.78, 5) is 12.5. The molecule has 4 heteroatoms. The number of nitrogens with two attached hydrogens (primary N) is 1. The van der Waals surface area contributed by atoms with Crippen LogP contribution in [-0.4, -0.2) is 12.5 Å². The third-order valence-corrected chi connectivity index (χ3v) is 4.53. The van der Waals surface area contributed by atoms with Gasteiger partial charge >= 0.3 is 0 Å². The molecule has 106 valence electrons. The number of benzene rings is 1. The normalized spacial score (nSPS) is 11.5. The molecule has 0 unspecified atom stereocenters. The predicted octanol–water partition coefficient (Wildman–Crippen LogP) is 2.91. The Morgan fingerprint density at radius 3 is 2.75 bits per heavy atom. The Morgan fingerprint density at radius 1 is 1.30 bits per heavy atom. The zero-order valence-corrected chi connectivity index (χ0v) is 12.7. The Bertz CT molecular complexity index is 576. The van der Waals surface area contributed by atoms with Crippen LogP contribution in [0.15, 0.2) is 41.8 Å². The van der Waals surface area contributed by atoms with E-state index in [4.69, 9.17) is 5.73 Å². The minimum Gasteiger partial charge on any atom is -0.366 e. The Labute approximate surface area is 123 Å². The average molecular weight is 288 g/mol. The van der Waals surface area contributed by atoms with Crippen molar-refractivity contribution >= 4 is 17.2 Å². The van der Waals surface area contributed by atoms with Crippen molar-refractivity contribution in [2.24, 2.45) is 5.73 Å². The highest BCUT2D eigenvalue weighted by atomic mass is 32.1. The van der Waals surface area contributed by atoms with Crippen LogP contribution in [0.5, 0.6) is 0 Å². The first-order chi connectivity index (χ1) is 9.49. The predicted molar refractivity (Wildman–Crippen MR) is 84.0 cm³/mol. The van der Waals surface area contributed by atoms with Gasteiger partial charge < -0.3 is 11.1 Å². The number of hydrogen-bond acceptors (Lipinski definition) is 3. The van der Waals surface area contributed by atoms with Crippen LogP contribution in [0.4, 0.5) is 0 Å². The fraction of sp³-hybridized carbons (Fsp3) is 0.312. The summed E-state index contributed by atoms with van der Waals surface area (Å²) in [5, 5.41) is 5.56. The van der Waals surface area contributed by atoms with Gasteiger partial charge in [0, 0.05) is 28.9 Å². The Morgan fingerprint density at radius 2 is 2.10 bits per heavy atom. The quantitative estimate of drug-likeness (QED) is 0.858. The molecule has 2 rings (SSSR count). The molecule has 0 aliphatic carbocycles. The van der Waals surface area contributed by atoms with Crippen LogP contribution in [0.1, 0.15) is 34.6 Å². The first-order valence-corrected chi connectivity index (χ1v) is 7.50. The molecule has 0 bridgehead atoms. The first kappa shape index (κ1) is 14.8. The maximum Gasteiger partial charge on any atom is 0.248 e. The maximum absolute atomic E-state index is 11.1. The van der Waals surface area contributed by atoms with Gasteiger partial charge in [-0.15, -0.1) is 11.3 Å². The third kappa shape index (κ3) is 3.68. The molecule has 0 spiro atoms. The van der Waals surface area contributed by atoms with Gasteiger partial charge in [0.15, 0.2) is 0 Å². The van der Waals surface area contributed by atoms with Gasteiger partial charge in [0.25, 0.3) is 0 Å². The van der Waals surface area contributed by atoms with Crippen molar-refractivity contribution in [1.29, 1.82) is 0 Å². The number of carbonyl (C=O) groups excluding carboxylic acids is 1. The van der Waals surface area contributed by atoms with Crippen LogP contribution in [0.3, 0.4) is 0 Å². The van der Waals surface area contributed by atoms with E-state index in [1.165, 1.54) is 4.88 Å². The Hall–Kier alpha value is -1.65. The summed E-state index contributed by atoms with van der Waals surface area (Å²) < 4.78 is 0. The van der Waals surface area contributed by atoms with Gasteiger partial charge in [0.1, 0.15) is 0 Å². The highest BCUT2D eigenvalue weighted by Gasteiger charge is 2.20. The molecule has 0 fully saturated rings. The van der Waals surface area contributed by atoms with Crippen molar-refractivity contribution < 1.29 is 4.79 Å². The average Bonchev–Trinajstić information content (AvgIpc) is 2.93. The number of hydrogen-bond donors (Lipinski definition) is 2.